The third kappa shape index (κ3) is 12.7. The molecule has 0 atom stereocenters. The number of aryl methyl sites for hydroxylation is 1. The number of carbonyl (C=O) groups is 3. The molecule has 4 heterocycles. The Morgan fingerprint density at radius 3 is 1.64 bits per heavy atom. The van der Waals surface area contributed by atoms with Crippen molar-refractivity contribution in [1.29, 1.82) is 0 Å². The van der Waals surface area contributed by atoms with E-state index in [1.165, 1.54) is 65.9 Å². The Hall–Kier alpha value is -8.20. The van der Waals surface area contributed by atoms with Gasteiger partial charge in [0.05, 0.1) is 22.3 Å². The van der Waals surface area contributed by atoms with Crippen molar-refractivity contribution in [2.24, 2.45) is 0 Å². The number of hydrogen-bond acceptors (Lipinski definition) is 10. The first-order valence-electron chi connectivity index (χ1n) is 26.5. The molecule has 2 aliphatic rings. The fraction of sp³-hybridized carbons (Fsp3) is 0.262. The Morgan fingerprint density at radius 2 is 1.07 bits per heavy atom. The number of piperazine rings is 2. The van der Waals surface area contributed by atoms with Gasteiger partial charge in [0.25, 0.3) is 31.9 Å². The normalized spacial score (nSPS) is 14.8. The molecule has 3 amide bonds. The number of alkyl halides is 3. The molecular formula is C61H59F3N8O7S2. The number of hydrogen-bond donors (Lipinski definition) is 2. The summed E-state index contributed by atoms with van der Waals surface area (Å²) in [6.45, 7) is 11.1. The van der Waals surface area contributed by atoms with Gasteiger partial charge in [0.1, 0.15) is 9.79 Å². The lowest BCUT2D eigenvalue weighted by Gasteiger charge is -2.35. The van der Waals surface area contributed by atoms with Crippen molar-refractivity contribution >= 4 is 70.9 Å². The van der Waals surface area contributed by atoms with Gasteiger partial charge in [0.2, 0.25) is 5.91 Å². The summed E-state index contributed by atoms with van der Waals surface area (Å²) in [5.41, 5.74) is 4.83. The number of para-hydroxylation sites is 1. The number of nitrogens with zero attached hydrogens (tertiary/aromatic N) is 6. The van der Waals surface area contributed by atoms with Gasteiger partial charge < -0.3 is 14.7 Å². The molecule has 81 heavy (non-hydrogen) atoms. The predicted octanol–water partition coefficient (Wildman–Crippen LogP) is 10.2. The summed E-state index contributed by atoms with van der Waals surface area (Å²) in [7, 11) is -8.51. The smallest absolute Gasteiger partial charge is 0.339 e. The SMILES string of the molecule is CC(C)(C)c1ccc(CN2CCN(C(=O)c3ccc(NS(=O)(=O)c4ccc(-c5ccc6cccc(S(=O)(=O)Nc7ccc(C(=O)N8CCN(C(=O)CCc9ccc(C(F)(F)F)cc9)CC8)cc7)c6n5)c5cccnc45)cc3)CC2)cc1. The van der Waals surface area contributed by atoms with Crippen molar-refractivity contribution in [2.75, 3.05) is 61.8 Å². The quantitative estimate of drug-likeness (QED) is 0.106. The fourth-order valence-electron chi connectivity index (χ4n) is 10.1. The van der Waals surface area contributed by atoms with Crippen LogP contribution in [-0.4, -0.2) is 116 Å². The Kier molecular flexibility index (Phi) is 15.7. The Balaban J connectivity index is 0.764. The molecule has 2 aromatic heterocycles. The summed E-state index contributed by atoms with van der Waals surface area (Å²) in [6, 6.07) is 40.4. The zero-order valence-electron chi connectivity index (χ0n) is 44.8. The van der Waals surface area contributed by atoms with E-state index in [4.69, 9.17) is 4.98 Å². The molecule has 0 spiro atoms. The van der Waals surface area contributed by atoms with Crippen molar-refractivity contribution in [3.05, 3.63) is 191 Å². The van der Waals surface area contributed by atoms with Gasteiger partial charge in [-0.2, -0.15) is 13.2 Å². The molecule has 2 saturated heterocycles. The average Bonchev–Trinajstić information content (AvgIpc) is 3.63. The Bertz CT molecular complexity index is 3880. The maximum Gasteiger partial charge on any atom is 0.416 e. The number of nitrogens with one attached hydrogen (secondary N) is 2. The van der Waals surface area contributed by atoms with E-state index in [9.17, 15) is 44.4 Å². The van der Waals surface area contributed by atoms with Crippen LogP contribution in [-0.2, 0) is 49.4 Å². The van der Waals surface area contributed by atoms with Crippen molar-refractivity contribution in [3.8, 4) is 11.3 Å². The lowest BCUT2D eigenvalue weighted by molar-refractivity contribution is -0.137. The first-order valence-corrected chi connectivity index (χ1v) is 29.4. The van der Waals surface area contributed by atoms with Crippen LogP contribution in [0.5, 0.6) is 0 Å². The van der Waals surface area contributed by atoms with E-state index >= 15 is 0 Å². The van der Waals surface area contributed by atoms with Crippen LogP contribution in [0.1, 0.15) is 70.2 Å². The molecule has 0 aliphatic carbocycles. The van der Waals surface area contributed by atoms with Gasteiger partial charge in [-0.25, -0.2) is 21.8 Å². The molecule has 2 fully saturated rings. The number of pyridine rings is 2. The van der Waals surface area contributed by atoms with Crippen LogP contribution in [0.4, 0.5) is 24.5 Å². The summed E-state index contributed by atoms with van der Waals surface area (Å²) in [6.07, 6.45) is -2.57. The van der Waals surface area contributed by atoms with Gasteiger partial charge in [-0.3, -0.25) is 33.7 Å². The van der Waals surface area contributed by atoms with Gasteiger partial charge >= 0.3 is 6.18 Å². The average molecular weight is 1140 g/mol. The highest BCUT2D eigenvalue weighted by atomic mass is 32.2. The lowest BCUT2D eigenvalue weighted by Crippen LogP contribution is -2.50. The van der Waals surface area contributed by atoms with Gasteiger partial charge in [-0.05, 0) is 113 Å². The van der Waals surface area contributed by atoms with Crippen LogP contribution in [0.25, 0.3) is 33.1 Å². The maximum absolute atomic E-state index is 14.1. The topological polar surface area (TPSA) is 182 Å². The third-order valence-electron chi connectivity index (χ3n) is 14.8. The summed E-state index contributed by atoms with van der Waals surface area (Å²) in [5, 5.41) is 0.975. The standard InChI is InChI=1S/C61H59F3N8O7S2/c1-60(2,3)46-19-11-42(12-20-46)40-69-32-34-71(35-33-69)58(74)44-14-25-49(26-15-44)68-81(78,79)54-29-27-50(51-7-5-31-65-57(51)54)52-28-18-43-6-4-8-53(56(43)66-52)80(76,77)67-48-23-16-45(17-24-48)59(75)72-38-36-70(37-39-72)55(73)30-13-41-9-21-47(22-10-41)61(62,63)64/h4-12,14-29,31,67-68H,13,30,32-40H2,1-3H3. The van der Waals surface area contributed by atoms with Gasteiger partial charge in [-0.1, -0.05) is 87.5 Å². The second kappa shape index (κ2) is 22.7. The molecule has 20 heteroatoms. The molecule has 10 rings (SSSR count). The van der Waals surface area contributed by atoms with Crippen LogP contribution in [0.2, 0.25) is 0 Å². The largest absolute Gasteiger partial charge is 0.416 e. The third-order valence-corrected chi connectivity index (χ3v) is 17.6. The van der Waals surface area contributed by atoms with Crippen LogP contribution in [0.3, 0.4) is 0 Å². The molecule has 15 nitrogen and oxygen atoms in total. The van der Waals surface area contributed by atoms with Crippen molar-refractivity contribution in [1.82, 2.24) is 29.6 Å². The molecule has 6 aromatic carbocycles. The first kappa shape index (κ1) is 56.1. The molecule has 418 valence electrons. The number of fused-ring (bicyclic) bond motifs is 2. The summed E-state index contributed by atoms with van der Waals surface area (Å²) < 4.78 is 100. The summed E-state index contributed by atoms with van der Waals surface area (Å²) >= 11 is 0. The number of carbonyl (C=O) groups excluding carboxylic acids is 3. The Labute approximate surface area is 468 Å². The molecular weight excluding hydrogens is 1080 g/mol. The number of halogens is 3. The van der Waals surface area contributed by atoms with E-state index in [0.717, 1.165) is 31.8 Å². The number of benzene rings is 6. The second-order valence-electron chi connectivity index (χ2n) is 21.3. The minimum absolute atomic E-state index is 0.0827. The highest BCUT2D eigenvalue weighted by molar-refractivity contribution is 7.93. The van der Waals surface area contributed by atoms with E-state index in [1.807, 2.05) is 4.90 Å². The molecule has 8 aromatic rings. The van der Waals surface area contributed by atoms with E-state index in [2.05, 4.69) is 64.4 Å². The lowest BCUT2D eigenvalue weighted by atomic mass is 9.87. The summed E-state index contributed by atoms with van der Waals surface area (Å²) in [4.78, 5) is 56.5. The van der Waals surface area contributed by atoms with Gasteiger partial charge in [0, 0.05) is 110 Å². The molecule has 0 radical (unpaired) electrons. The van der Waals surface area contributed by atoms with E-state index < -0.39 is 31.8 Å². The number of sulfonamides is 2. The zero-order chi connectivity index (χ0) is 57.3. The number of rotatable bonds is 14. The monoisotopic (exact) mass is 1140 g/mol. The highest BCUT2D eigenvalue weighted by Crippen LogP contribution is 2.35. The van der Waals surface area contributed by atoms with Crippen molar-refractivity contribution < 1.29 is 44.4 Å². The second-order valence-corrected chi connectivity index (χ2v) is 24.6. The van der Waals surface area contributed by atoms with Gasteiger partial charge in [-0.15, -0.1) is 0 Å². The van der Waals surface area contributed by atoms with Crippen molar-refractivity contribution in [2.45, 2.75) is 61.5 Å². The predicted molar refractivity (Wildman–Crippen MR) is 306 cm³/mol. The van der Waals surface area contributed by atoms with E-state index in [1.54, 1.807) is 76.5 Å². The minimum atomic E-state index is -4.44. The Morgan fingerprint density at radius 1 is 0.543 bits per heavy atom. The van der Waals surface area contributed by atoms with E-state index in [0.29, 0.717) is 51.8 Å². The molecule has 0 bridgehead atoms. The number of anilines is 2. The first-order chi connectivity index (χ1) is 38.6. The van der Waals surface area contributed by atoms with Crippen LogP contribution < -0.4 is 9.44 Å². The van der Waals surface area contributed by atoms with Crippen LogP contribution in [0.15, 0.2) is 168 Å². The van der Waals surface area contributed by atoms with E-state index in [-0.39, 0.29) is 94.4 Å². The zero-order valence-corrected chi connectivity index (χ0v) is 46.4. The number of aromatic nitrogens is 2. The molecule has 2 aliphatic heterocycles. The molecule has 2 N–H and O–H groups in total. The molecule has 0 saturated carbocycles. The maximum atomic E-state index is 14.1. The van der Waals surface area contributed by atoms with Crippen LogP contribution in [0, 0.1) is 0 Å². The fourth-order valence-corrected chi connectivity index (χ4v) is 12.6. The highest BCUT2D eigenvalue weighted by Gasteiger charge is 2.31. The number of amides is 3. The molecule has 0 unspecified atom stereocenters. The minimum Gasteiger partial charge on any atom is -0.339 e. The van der Waals surface area contributed by atoms with Crippen molar-refractivity contribution in [3.63, 3.8) is 0 Å². The van der Waals surface area contributed by atoms with Crippen LogP contribution >= 0.6 is 0 Å². The summed E-state index contributed by atoms with van der Waals surface area (Å²) in [5.74, 6) is -0.595. The van der Waals surface area contributed by atoms with Gasteiger partial charge in [0.15, 0.2) is 0 Å².